The van der Waals surface area contributed by atoms with E-state index in [0.717, 1.165) is 24.5 Å². The Morgan fingerprint density at radius 1 is 0.933 bits per heavy atom. The van der Waals surface area contributed by atoms with Gasteiger partial charge in [-0.2, -0.15) is 0 Å². The molecule has 2 aromatic rings. The van der Waals surface area contributed by atoms with E-state index in [2.05, 4.69) is 11.8 Å². The molecule has 4 rings (SSSR count). The summed E-state index contributed by atoms with van der Waals surface area (Å²) in [6.07, 6.45) is 0. The van der Waals surface area contributed by atoms with Gasteiger partial charge in [-0.05, 0) is 36.9 Å². The number of piperazine rings is 1. The third kappa shape index (κ3) is 3.45. The van der Waals surface area contributed by atoms with Gasteiger partial charge in [0, 0.05) is 31.7 Å². The number of carbonyl (C=O) groups excluding carboxylic acids is 2. The van der Waals surface area contributed by atoms with Crippen molar-refractivity contribution < 1.29 is 18.7 Å². The summed E-state index contributed by atoms with van der Waals surface area (Å²) in [4.78, 5) is 32.4. The Kier molecular flexibility index (Phi) is 5.55. The van der Waals surface area contributed by atoms with Gasteiger partial charge in [-0.15, -0.1) is 0 Å². The summed E-state index contributed by atoms with van der Waals surface area (Å²) >= 11 is 0. The standard InChI is InChI=1S/C23H24FN3O3/c1-3-25-12-14-26(15-13-25)21-20(18-6-4-5-7-19(18)30-2)22(28)27(23(21)29)17-10-8-16(24)9-11-17/h4-11H,3,12-15H2,1-2H3. The SMILES string of the molecule is CCN1CCN(C2=C(c3ccccc3OC)C(=O)N(c3ccc(F)cc3)C2=O)CC1. The summed E-state index contributed by atoms with van der Waals surface area (Å²) in [5, 5.41) is 0. The molecule has 6 nitrogen and oxygen atoms in total. The number of imide groups is 1. The van der Waals surface area contributed by atoms with Gasteiger partial charge < -0.3 is 14.5 Å². The van der Waals surface area contributed by atoms with Crippen LogP contribution in [0.1, 0.15) is 12.5 Å². The minimum atomic E-state index is -0.427. The van der Waals surface area contributed by atoms with Crippen LogP contribution < -0.4 is 9.64 Å². The second kappa shape index (κ2) is 8.28. The molecule has 7 heteroatoms. The van der Waals surface area contributed by atoms with Crippen molar-refractivity contribution in [3.05, 3.63) is 65.6 Å². The van der Waals surface area contributed by atoms with Crippen LogP contribution >= 0.6 is 0 Å². The highest BCUT2D eigenvalue weighted by atomic mass is 19.1. The van der Waals surface area contributed by atoms with E-state index in [9.17, 15) is 14.0 Å². The predicted octanol–water partition coefficient (Wildman–Crippen LogP) is 2.76. The number of methoxy groups -OCH3 is 1. The van der Waals surface area contributed by atoms with Gasteiger partial charge in [0.05, 0.1) is 18.4 Å². The van der Waals surface area contributed by atoms with Crippen LogP contribution in [-0.4, -0.2) is 61.4 Å². The first-order chi connectivity index (χ1) is 14.5. The fourth-order valence-electron chi connectivity index (χ4n) is 4.02. The maximum atomic E-state index is 13.5. The summed E-state index contributed by atoms with van der Waals surface area (Å²) in [6, 6.07) is 12.6. The van der Waals surface area contributed by atoms with Crippen molar-refractivity contribution in [1.82, 2.24) is 9.80 Å². The third-order valence-electron chi connectivity index (χ3n) is 5.66. The van der Waals surface area contributed by atoms with Crippen molar-refractivity contribution in [2.45, 2.75) is 6.92 Å². The first-order valence-electron chi connectivity index (χ1n) is 10.0. The van der Waals surface area contributed by atoms with E-state index >= 15 is 0 Å². The summed E-state index contributed by atoms with van der Waals surface area (Å²) < 4.78 is 18.9. The van der Waals surface area contributed by atoms with Gasteiger partial charge in [0.15, 0.2) is 0 Å². The van der Waals surface area contributed by atoms with E-state index in [1.165, 1.54) is 31.4 Å². The molecule has 1 fully saturated rings. The fourth-order valence-corrected chi connectivity index (χ4v) is 4.02. The van der Waals surface area contributed by atoms with Crippen LogP contribution in [-0.2, 0) is 9.59 Å². The van der Waals surface area contributed by atoms with E-state index in [-0.39, 0.29) is 0 Å². The maximum Gasteiger partial charge on any atom is 0.282 e. The Labute approximate surface area is 175 Å². The zero-order valence-electron chi connectivity index (χ0n) is 17.1. The number of para-hydroxylation sites is 1. The first kappa shape index (κ1) is 20.1. The molecule has 1 saturated heterocycles. The molecule has 2 aromatic carbocycles. The largest absolute Gasteiger partial charge is 0.496 e. The number of likely N-dealkylation sites (N-methyl/N-ethyl adjacent to an activating group) is 1. The zero-order chi connectivity index (χ0) is 21.3. The molecule has 2 heterocycles. The van der Waals surface area contributed by atoms with E-state index in [1.54, 1.807) is 12.1 Å². The minimum Gasteiger partial charge on any atom is -0.496 e. The van der Waals surface area contributed by atoms with Crippen molar-refractivity contribution in [2.24, 2.45) is 0 Å². The second-order valence-corrected chi connectivity index (χ2v) is 7.27. The van der Waals surface area contributed by atoms with E-state index < -0.39 is 17.6 Å². The van der Waals surface area contributed by atoms with Crippen LogP contribution in [0.3, 0.4) is 0 Å². The van der Waals surface area contributed by atoms with Crippen molar-refractivity contribution in [3.63, 3.8) is 0 Å². The summed E-state index contributed by atoms with van der Waals surface area (Å²) in [5.41, 5.74) is 1.63. The van der Waals surface area contributed by atoms with E-state index in [4.69, 9.17) is 4.74 Å². The number of rotatable bonds is 5. The number of ether oxygens (including phenoxy) is 1. The molecule has 156 valence electrons. The number of amides is 2. The summed E-state index contributed by atoms with van der Waals surface area (Å²) in [7, 11) is 1.54. The topological polar surface area (TPSA) is 53.1 Å². The Balaban J connectivity index is 1.81. The summed E-state index contributed by atoms with van der Waals surface area (Å²) in [5.74, 6) is -0.715. The van der Waals surface area contributed by atoms with Crippen LogP contribution in [0, 0.1) is 5.82 Å². The maximum absolute atomic E-state index is 13.5. The molecule has 0 unspecified atom stereocenters. The fraction of sp³-hybridized carbons (Fsp3) is 0.304. The number of benzene rings is 2. The molecule has 0 spiro atoms. The molecule has 0 aromatic heterocycles. The monoisotopic (exact) mass is 409 g/mol. The van der Waals surface area contributed by atoms with Gasteiger partial charge in [-0.25, -0.2) is 9.29 Å². The highest BCUT2D eigenvalue weighted by Gasteiger charge is 2.43. The van der Waals surface area contributed by atoms with Gasteiger partial charge in [-0.1, -0.05) is 25.1 Å². The van der Waals surface area contributed by atoms with Crippen LogP contribution in [0.25, 0.3) is 5.57 Å². The molecule has 0 bridgehead atoms. The number of hydrogen-bond donors (Lipinski definition) is 0. The molecule has 0 radical (unpaired) electrons. The number of nitrogens with zero attached hydrogens (tertiary/aromatic N) is 3. The number of anilines is 1. The Morgan fingerprint density at radius 2 is 1.60 bits per heavy atom. The summed E-state index contributed by atoms with van der Waals surface area (Å²) in [6.45, 7) is 5.99. The smallest absolute Gasteiger partial charge is 0.282 e. The lowest BCUT2D eigenvalue weighted by molar-refractivity contribution is -0.120. The van der Waals surface area contributed by atoms with Crippen molar-refractivity contribution >= 4 is 23.1 Å². The van der Waals surface area contributed by atoms with E-state index in [0.29, 0.717) is 41.4 Å². The number of halogens is 1. The Hall–Kier alpha value is -3.19. The molecular formula is C23H24FN3O3. The van der Waals surface area contributed by atoms with Crippen molar-refractivity contribution in [2.75, 3.05) is 44.7 Å². The Bertz CT molecular complexity index is 995. The van der Waals surface area contributed by atoms with Crippen LogP contribution in [0.2, 0.25) is 0 Å². The average molecular weight is 409 g/mol. The lowest BCUT2D eigenvalue weighted by Gasteiger charge is -2.36. The first-order valence-corrected chi connectivity index (χ1v) is 10.0. The quantitative estimate of drug-likeness (QED) is 0.711. The molecular weight excluding hydrogens is 385 g/mol. The molecule has 2 amide bonds. The Morgan fingerprint density at radius 3 is 2.23 bits per heavy atom. The minimum absolute atomic E-state index is 0.326. The lowest BCUT2D eigenvalue weighted by atomic mass is 10.0. The molecule has 0 N–H and O–H groups in total. The predicted molar refractivity (Wildman–Crippen MR) is 112 cm³/mol. The molecule has 0 atom stereocenters. The average Bonchev–Trinajstić information content (AvgIpc) is 3.04. The van der Waals surface area contributed by atoms with Crippen LogP contribution in [0.4, 0.5) is 10.1 Å². The highest BCUT2D eigenvalue weighted by molar-refractivity contribution is 6.45. The zero-order valence-corrected chi connectivity index (χ0v) is 17.1. The van der Waals surface area contributed by atoms with Crippen molar-refractivity contribution in [1.29, 1.82) is 0 Å². The number of carbonyl (C=O) groups is 2. The molecule has 0 saturated carbocycles. The van der Waals surface area contributed by atoms with Crippen LogP contribution in [0.5, 0.6) is 5.75 Å². The lowest BCUT2D eigenvalue weighted by Crippen LogP contribution is -2.47. The molecule has 30 heavy (non-hydrogen) atoms. The third-order valence-corrected chi connectivity index (χ3v) is 5.66. The van der Waals surface area contributed by atoms with Gasteiger partial charge in [0.1, 0.15) is 17.3 Å². The van der Waals surface area contributed by atoms with Crippen LogP contribution in [0.15, 0.2) is 54.2 Å². The van der Waals surface area contributed by atoms with Gasteiger partial charge in [-0.3, -0.25) is 9.59 Å². The van der Waals surface area contributed by atoms with Gasteiger partial charge in [0.25, 0.3) is 11.8 Å². The van der Waals surface area contributed by atoms with Crippen molar-refractivity contribution in [3.8, 4) is 5.75 Å². The van der Waals surface area contributed by atoms with Gasteiger partial charge >= 0.3 is 0 Å². The molecule has 2 aliphatic rings. The highest BCUT2D eigenvalue weighted by Crippen LogP contribution is 2.38. The van der Waals surface area contributed by atoms with E-state index in [1.807, 2.05) is 17.0 Å². The molecule has 2 aliphatic heterocycles. The number of hydrogen-bond acceptors (Lipinski definition) is 5. The normalized spacial score (nSPS) is 17.8. The van der Waals surface area contributed by atoms with Gasteiger partial charge in [0.2, 0.25) is 0 Å². The molecule has 0 aliphatic carbocycles. The second-order valence-electron chi connectivity index (χ2n) is 7.27.